The Morgan fingerprint density at radius 1 is 1.14 bits per heavy atom. The Morgan fingerprint density at radius 2 is 1.90 bits per heavy atom. The Kier molecular flexibility index (Phi) is 6.32. The fraction of sp³-hybridized carbons (Fsp3) is 0.286. The molecule has 8 heteroatoms. The van der Waals surface area contributed by atoms with Gasteiger partial charge in [-0.25, -0.2) is 8.78 Å². The summed E-state index contributed by atoms with van der Waals surface area (Å²) in [6.45, 7) is 7.53. The van der Waals surface area contributed by atoms with E-state index in [4.69, 9.17) is 0 Å². The number of nitrogens with one attached hydrogen (secondary N) is 1. The van der Waals surface area contributed by atoms with Gasteiger partial charge in [0.25, 0.3) is 0 Å². The smallest absolute Gasteiger partial charge is 0.230 e. The van der Waals surface area contributed by atoms with E-state index in [0.29, 0.717) is 5.16 Å². The Hall–Kier alpha value is -2.74. The Morgan fingerprint density at radius 3 is 2.62 bits per heavy atom. The molecule has 0 aliphatic carbocycles. The third-order valence-electron chi connectivity index (χ3n) is 4.54. The molecule has 0 fully saturated rings. The fourth-order valence-electron chi connectivity index (χ4n) is 3.02. The van der Waals surface area contributed by atoms with E-state index in [1.807, 2.05) is 37.5 Å². The molecule has 0 aliphatic rings. The van der Waals surface area contributed by atoms with Gasteiger partial charge in [-0.3, -0.25) is 9.36 Å². The SMILES string of the molecule is Cc1ccc(C)c(-n2c(C)nnc2SCC(=O)NC(C)c2ccc(F)cc2F)c1. The number of carbonyl (C=O) groups is 1. The van der Waals surface area contributed by atoms with Gasteiger partial charge < -0.3 is 5.32 Å². The number of hydrogen-bond donors (Lipinski definition) is 1. The summed E-state index contributed by atoms with van der Waals surface area (Å²) in [5.74, 6) is -0.796. The van der Waals surface area contributed by atoms with Crippen LogP contribution in [0.15, 0.2) is 41.6 Å². The van der Waals surface area contributed by atoms with Crippen molar-refractivity contribution in [2.24, 2.45) is 0 Å². The minimum Gasteiger partial charge on any atom is -0.349 e. The average molecular weight is 416 g/mol. The average Bonchev–Trinajstić information content (AvgIpc) is 3.02. The second-order valence-corrected chi connectivity index (χ2v) is 7.84. The molecule has 5 nitrogen and oxygen atoms in total. The lowest BCUT2D eigenvalue weighted by Gasteiger charge is -2.15. The van der Waals surface area contributed by atoms with E-state index in [2.05, 4.69) is 21.6 Å². The number of carbonyl (C=O) groups excluding carboxylic acids is 1. The third kappa shape index (κ3) is 4.82. The van der Waals surface area contributed by atoms with Crippen molar-refractivity contribution in [1.29, 1.82) is 0 Å². The first-order valence-electron chi connectivity index (χ1n) is 9.13. The molecular weight excluding hydrogens is 394 g/mol. The van der Waals surface area contributed by atoms with Gasteiger partial charge in [0.1, 0.15) is 17.5 Å². The topological polar surface area (TPSA) is 59.8 Å². The summed E-state index contributed by atoms with van der Waals surface area (Å²) in [4.78, 5) is 12.4. The van der Waals surface area contributed by atoms with Crippen LogP contribution in [0.4, 0.5) is 8.78 Å². The van der Waals surface area contributed by atoms with Crippen LogP contribution in [0.2, 0.25) is 0 Å². The first-order valence-corrected chi connectivity index (χ1v) is 10.1. The van der Waals surface area contributed by atoms with Crippen molar-refractivity contribution < 1.29 is 13.6 Å². The van der Waals surface area contributed by atoms with Crippen LogP contribution in [-0.4, -0.2) is 26.4 Å². The van der Waals surface area contributed by atoms with Crippen molar-refractivity contribution in [2.75, 3.05) is 5.75 Å². The second kappa shape index (κ2) is 8.73. The molecule has 2 aromatic carbocycles. The summed E-state index contributed by atoms with van der Waals surface area (Å²) >= 11 is 1.25. The fourth-order valence-corrected chi connectivity index (χ4v) is 3.82. The van der Waals surface area contributed by atoms with E-state index in [0.717, 1.165) is 28.7 Å². The monoisotopic (exact) mass is 416 g/mol. The van der Waals surface area contributed by atoms with Gasteiger partial charge in [0, 0.05) is 11.6 Å². The summed E-state index contributed by atoms with van der Waals surface area (Å²) in [5, 5.41) is 11.7. The molecule has 29 heavy (non-hydrogen) atoms. The summed E-state index contributed by atoms with van der Waals surface area (Å²) in [6.07, 6.45) is 0. The molecular formula is C21H22F2N4OS. The van der Waals surface area contributed by atoms with E-state index in [1.54, 1.807) is 6.92 Å². The van der Waals surface area contributed by atoms with E-state index < -0.39 is 17.7 Å². The van der Waals surface area contributed by atoms with Gasteiger partial charge >= 0.3 is 0 Å². The number of aryl methyl sites for hydroxylation is 3. The van der Waals surface area contributed by atoms with Crippen LogP contribution in [-0.2, 0) is 4.79 Å². The van der Waals surface area contributed by atoms with Crippen molar-refractivity contribution in [3.63, 3.8) is 0 Å². The number of aromatic nitrogens is 3. The van der Waals surface area contributed by atoms with Crippen LogP contribution in [0.5, 0.6) is 0 Å². The van der Waals surface area contributed by atoms with Gasteiger partial charge in [-0.15, -0.1) is 10.2 Å². The first kappa shape index (κ1) is 21.0. The quantitative estimate of drug-likeness (QED) is 0.604. The van der Waals surface area contributed by atoms with Gasteiger partial charge in [-0.2, -0.15) is 0 Å². The van der Waals surface area contributed by atoms with Crippen LogP contribution in [0, 0.1) is 32.4 Å². The number of rotatable bonds is 6. The minimum absolute atomic E-state index is 0.0934. The van der Waals surface area contributed by atoms with Crippen molar-refractivity contribution in [1.82, 2.24) is 20.1 Å². The van der Waals surface area contributed by atoms with Crippen LogP contribution in [0.1, 0.15) is 35.5 Å². The molecule has 1 amide bonds. The Balaban J connectivity index is 1.70. The molecule has 0 radical (unpaired) electrons. The maximum Gasteiger partial charge on any atom is 0.230 e. The zero-order valence-electron chi connectivity index (χ0n) is 16.7. The summed E-state index contributed by atoms with van der Waals surface area (Å²) in [7, 11) is 0. The Bertz CT molecular complexity index is 1050. The normalized spacial score (nSPS) is 12.1. The highest BCUT2D eigenvalue weighted by Crippen LogP contribution is 2.25. The van der Waals surface area contributed by atoms with E-state index in [9.17, 15) is 13.6 Å². The molecule has 1 aromatic heterocycles. The molecule has 1 N–H and O–H groups in total. The van der Waals surface area contributed by atoms with Crippen molar-refractivity contribution >= 4 is 17.7 Å². The molecule has 0 saturated heterocycles. The predicted molar refractivity (Wildman–Crippen MR) is 109 cm³/mol. The third-order valence-corrected chi connectivity index (χ3v) is 5.47. The molecule has 1 heterocycles. The lowest BCUT2D eigenvalue weighted by Crippen LogP contribution is -2.28. The van der Waals surface area contributed by atoms with Crippen molar-refractivity contribution in [3.8, 4) is 5.69 Å². The van der Waals surface area contributed by atoms with E-state index >= 15 is 0 Å². The number of halogens is 2. The molecule has 152 valence electrons. The van der Waals surface area contributed by atoms with Crippen LogP contribution in [0.25, 0.3) is 5.69 Å². The molecule has 0 bridgehead atoms. The molecule has 1 unspecified atom stereocenters. The van der Waals surface area contributed by atoms with Gasteiger partial charge in [-0.1, -0.05) is 30.0 Å². The number of benzene rings is 2. The summed E-state index contributed by atoms with van der Waals surface area (Å²) < 4.78 is 28.9. The largest absolute Gasteiger partial charge is 0.349 e. The van der Waals surface area contributed by atoms with Crippen molar-refractivity contribution in [2.45, 2.75) is 38.9 Å². The predicted octanol–water partition coefficient (Wildman–Crippen LogP) is 4.44. The lowest BCUT2D eigenvalue weighted by molar-refractivity contribution is -0.119. The lowest BCUT2D eigenvalue weighted by atomic mass is 10.1. The van der Waals surface area contributed by atoms with Crippen LogP contribution < -0.4 is 5.32 Å². The highest BCUT2D eigenvalue weighted by Gasteiger charge is 2.17. The summed E-state index contributed by atoms with van der Waals surface area (Å²) in [6, 6.07) is 8.85. The zero-order chi connectivity index (χ0) is 21.1. The van der Waals surface area contributed by atoms with E-state index in [1.165, 1.54) is 23.9 Å². The van der Waals surface area contributed by atoms with Crippen LogP contribution >= 0.6 is 11.8 Å². The Labute approximate surface area is 172 Å². The molecule has 0 saturated carbocycles. The molecule has 0 aliphatic heterocycles. The minimum atomic E-state index is -0.684. The second-order valence-electron chi connectivity index (χ2n) is 6.90. The van der Waals surface area contributed by atoms with Gasteiger partial charge in [-0.05, 0) is 51.0 Å². The maximum absolute atomic E-state index is 13.9. The molecule has 3 rings (SSSR count). The van der Waals surface area contributed by atoms with Gasteiger partial charge in [0.2, 0.25) is 5.91 Å². The number of thioether (sulfide) groups is 1. The molecule has 3 aromatic rings. The standard InChI is InChI=1S/C21H22F2N4OS/c1-12-5-6-13(2)19(9-12)27-15(4)25-26-21(27)29-11-20(28)24-14(3)17-8-7-16(22)10-18(17)23/h5-10,14H,11H2,1-4H3,(H,24,28). The molecule has 0 spiro atoms. The highest BCUT2D eigenvalue weighted by molar-refractivity contribution is 7.99. The van der Waals surface area contributed by atoms with E-state index in [-0.39, 0.29) is 17.2 Å². The summed E-state index contributed by atoms with van der Waals surface area (Å²) in [5.41, 5.74) is 3.39. The van der Waals surface area contributed by atoms with Gasteiger partial charge in [0.05, 0.1) is 17.5 Å². The molecule has 1 atom stereocenters. The van der Waals surface area contributed by atoms with Crippen molar-refractivity contribution in [3.05, 3.63) is 70.5 Å². The van der Waals surface area contributed by atoms with Crippen LogP contribution in [0.3, 0.4) is 0 Å². The number of nitrogens with zero attached hydrogens (tertiary/aromatic N) is 3. The van der Waals surface area contributed by atoms with Gasteiger partial charge in [0.15, 0.2) is 5.16 Å². The highest BCUT2D eigenvalue weighted by atomic mass is 32.2. The first-order chi connectivity index (χ1) is 13.8. The zero-order valence-corrected chi connectivity index (χ0v) is 17.5. The number of amides is 1. The number of hydrogen-bond acceptors (Lipinski definition) is 4. The maximum atomic E-state index is 13.9.